The van der Waals surface area contributed by atoms with Gasteiger partial charge in [0.05, 0.1) is 6.42 Å². The first kappa shape index (κ1) is 17.8. The zero-order valence-electron chi connectivity index (χ0n) is 15.7. The van der Waals surface area contributed by atoms with E-state index in [1.807, 2.05) is 24.8 Å². The van der Waals surface area contributed by atoms with E-state index in [2.05, 4.69) is 22.0 Å². The lowest BCUT2D eigenvalue weighted by Crippen LogP contribution is -2.37. The number of hydrogen-bond donors (Lipinski definition) is 0. The largest absolute Gasteiger partial charge is 0.342 e. The van der Waals surface area contributed by atoms with Crippen LogP contribution in [0.15, 0.2) is 6.07 Å². The van der Waals surface area contributed by atoms with Crippen LogP contribution in [-0.2, 0) is 11.2 Å². The Morgan fingerprint density at radius 2 is 2.00 bits per heavy atom. The van der Waals surface area contributed by atoms with E-state index in [-0.39, 0.29) is 12.3 Å². The van der Waals surface area contributed by atoms with Gasteiger partial charge in [0.25, 0.3) is 5.78 Å². The van der Waals surface area contributed by atoms with Crippen molar-refractivity contribution in [1.29, 1.82) is 0 Å². The summed E-state index contributed by atoms with van der Waals surface area (Å²) in [6.07, 6.45) is 7.69. The van der Waals surface area contributed by atoms with Crippen LogP contribution in [0.4, 0.5) is 0 Å². The van der Waals surface area contributed by atoms with Gasteiger partial charge in [0.2, 0.25) is 5.91 Å². The maximum Gasteiger partial charge on any atom is 0.252 e. The average molecular weight is 343 g/mol. The maximum absolute atomic E-state index is 12.8. The second kappa shape index (κ2) is 7.93. The SMILES string of the molecule is CCCN(CC1CCCCC1)C(=O)Cc1nc2nc(C)cc(C)n2n1. The fourth-order valence-electron chi connectivity index (χ4n) is 3.80. The summed E-state index contributed by atoms with van der Waals surface area (Å²) < 4.78 is 1.72. The highest BCUT2D eigenvalue weighted by molar-refractivity contribution is 5.78. The van der Waals surface area contributed by atoms with E-state index in [1.54, 1.807) is 4.52 Å². The summed E-state index contributed by atoms with van der Waals surface area (Å²) in [5.74, 6) is 1.94. The third-order valence-corrected chi connectivity index (χ3v) is 5.02. The van der Waals surface area contributed by atoms with E-state index in [4.69, 9.17) is 0 Å². The normalized spacial score (nSPS) is 15.6. The average Bonchev–Trinajstić information content (AvgIpc) is 2.98. The van der Waals surface area contributed by atoms with Gasteiger partial charge in [0.1, 0.15) is 0 Å². The molecule has 1 saturated carbocycles. The van der Waals surface area contributed by atoms with Crippen molar-refractivity contribution in [2.24, 2.45) is 5.92 Å². The van der Waals surface area contributed by atoms with E-state index >= 15 is 0 Å². The minimum Gasteiger partial charge on any atom is -0.342 e. The van der Waals surface area contributed by atoms with Crippen molar-refractivity contribution in [1.82, 2.24) is 24.5 Å². The first-order valence-corrected chi connectivity index (χ1v) is 9.54. The Morgan fingerprint density at radius 1 is 1.24 bits per heavy atom. The van der Waals surface area contributed by atoms with E-state index < -0.39 is 0 Å². The van der Waals surface area contributed by atoms with Crippen LogP contribution in [0.5, 0.6) is 0 Å². The van der Waals surface area contributed by atoms with Crippen molar-refractivity contribution in [3.8, 4) is 0 Å². The lowest BCUT2D eigenvalue weighted by Gasteiger charge is -2.29. The van der Waals surface area contributed by atoms with Crippen molar-refractivity contribution in [3.63, 3.8) is 0 Å². The Hall–Kier alpha value is -1.98. The number of carbonyl (C=O) groups excluding carboxylic acids is 1. The maximum atomic E-state index is 12.8. The summed E-state index contributed by atoms with van der Waals surface area (Å²) >= 11 is 0. The second-order valence-corrected chi connectivity index (χ2v) is 7.30. The molecule has 0 radical (unpaired) electrons. The van der Waals surface area contributed by atoms with Crippen LogP contribution < -0.4 is 0 Å². The Bertz CT molecular complexity index is 733. The van der Waals surface area contributed by atoms with Gasteiger partial charge in [-0.15, -0.1) is 5.10 Å². The quantitative estimate of drug-likeness (QED) is 0.808. The molecule has 25 heavy (non-hydrogen) atoms. The van der Waals surface area contributed by atoms with Gasteiger partial charge < -0.3 is 4.90 Å². The van der Waals surface area contributed by atoms with Gasteiger partial charge >= 0.3 is 0 Å². The van der Waals surface area contributed by atoms with Gasteiger partial charge in [0.15, 0.2) is 5.82 Å². The Morgan fingerprint density at radius 3 is 2.72 bits per heavy atom. The first-order valence-electron chi connectivity index (χ1n) is 9.54. The molecule has 3 rings (SSSR count). The summed E-state index contributed by atoms with van der Waals surface area (Å²) in [7, 11) is 0. The first-order chi connectivity index (χ1) is 12.1. The van der Waals surface area contributed by atoms with Crippen molar-refractivity contribution >= 4 is 11.7 Å². The summed E-state index contributed by atoms with van der Waals surface area (Å²) in [5, 5.41) is 4.48. The number of nitrogens with zero attached hydrogens (tertiary/aromatic N) is 5. The van der Waals surface area contributed by atoms with Gasteiger partial charge in [-0.2, -0.15) is 4.98 Å². The molecular formula is C19H29N5O. The summed E-state index contributed by atoms with van der Waals surface area (Å²) in [6, 6.07) is 1.97. The highest BCUT2D eigenvalue weighted by Gasteiger charge is 2.22. The molecule has 1 aliphatic rings. The molecule has 6 heteroatoms. The zero-order chi connectivity index (χ0) is 17.8. The van der Waals surface area contributed by atoms with Crippen LogP contribution in [0, 0.1) is 19.8 Å². The van der Waals surface area contributed by atoms with E-state index in [0.29, 0.717) is 17.5 Å². The summed E-state index contributed by atoms with van der Waals surface area (Å²) in [4.78, 5) is 23.7. The van der Waals surface area contributed by atoms with Crippen molar-refractivity contribution in [2.45, 2.75) is 65.7 Å². The van der Waals surface area contributed by atoms with Crippen molar-refractivity contribution in [2.75, 3.05) is 13.1 Å². The van der Waals surface area contributed by atoms with Crippen LogP contribution in [-0.4, -0.2) is 43.5 Å². The van der Waals surface area contributed by atoms with Crippen LogP contribution >= 0.6 is 0 Å². The molecule has 1 amide bonds. The predicted octanol–water partition coefficient (Wildman–Crippen LogP) is 3.10. The number of carbonyl (C=O) groups is 1. The highest BCUT2D eigenvalue weighted by Crippen LogP contribution is 2.24. The third-order valence-electron chi connectivity index (χ3n) is 5.02. The molecule has 0 bridgehead atoms. The van der Waals surface area contributed by atoms with E-state index in [1.165, 1.54) is 32.1 Å². The molecule has 2 aromatic heterocycles. The van der Waals surface area contributed by atoms with Crippen LogP contribution in [0.25, 0.3) is 5.78 Å². The molecule has 2 aromatic rings. The number of hydrogen-bond acceptors (Lipinski definition) is 4. The van der Waals surface area contributed by atoms with E-state index in [9.17, 15) is 4.79 Å². The Kier molecular flexibility index (Phi) is 5.66. The van der Waals surface area contributed by atoms with Crippen LogP contribution in [0.2, 0.25) is 0 Å². The number of aromatic nitrogens is 4. The molecule has 0 atom stereocenters. The molecule has 1 fully saturated rings. The fourth-order valence-corrected chi connectivity index (χ4v) is 3.80. The molecule has 0 N–H and O–H groups in total. The number of rotatable bonds is 6. The zero-order valence-corrected chi connectivity index (χ0v) is 15.7. The molecule has 0 unspecified atom stereocenters. The topological polar surface area (TPSA) is 63.4 Å². The lowest BCUT2D eigenvalue weighted by molar-refractivity contribution is -0.131. The number of aryl methyl sites for hydroxylation is 2. The summed E-state index contributed by atoms with van der Waals surface area (Å²) in [5.41, 5.74) is 1.90. The van der Waals surface area contributed by atoms with Gasteiger partial charge in [0, 0.05) is 24.5 Å². The Balaban J connectivity index is 1.70. The number of amides is 1. The molecular weight excluding hydrogens is 314 g/mol. The molecule has 0 spiro atoms. The molecule has 0 saturated heterocycles. The van der Waals surface area contributed by atoms with Crippen LogP contribution in [0.1, 0.15) is 62.7 Å². The van der Waals surface area contributed by atoms with Crippen molar-refractivity contribution in [3.05, 3.63) is 23.3 Å². The molecule has 0 aliphatic heterocycles. The minimum absolute atomic E-state index is 0.137. The molecule has 0 aromatic carbocycles. The minimum atomic E-state index is 0.137. The van der Waals surface area contributed by atoms with Gasteiger partial charge in [-0.25, -0.2) is 9.50 Å². The lowest BCUT2D eigenvalue weighted by atomic mass is 9.89. The molecule has 6 nitrogen and oxygen atoms in total. The molecule has 136 valence electrons. The third kappa shape index (κ3) is 4.35. The van der Waals surface area contributed by atoms with Crippen LogP contribution in [0.3, 0.4) is 0 Å². The van der Waals surface area contributed by atoms with Gasteiger partial charge in [-0.1, -0.05) is 26.2 Å². The van der Waals surface area contributed by atoms with Gasteiger partial charge in [-0.3, -0.25) is 4.79 Å². The highest BCUT2D eigenvalue weighted by atomic mass is 16.2. The van der Waals surface area contributed by atoms with E-state index in [0.717, 1.165) is 30.9 Å². The second-order valence-electron chi connectivity index (χ2n) is 7.30. The predicted molar refractivity (Wildman–Crippen MR) is 97.4 cm³/mol. The summed E-state index contributed by atoms with van der Waals surface area (Å²) in [6.45, 7) is 7.75. The fraction of sp³-hybridized carbons (Fsp3) is 0.684. The monoisotopic (exact) mass is 343 g/mol. The standard InChI is InChI=1S/C19H29N5O/c1-4-10-23(13-16-8-6-5-7-9-16)18(25)12-17-21-19-20-14(2)11-15(3)24(19)22-17/h11,16H,4-10,12-13H2,1-3H3. The molecule has 2 heterocycles. The molecule has 1 aliphatic carbocycles. The smallest absolute Gasteiger partial charge is 0.252 e. The Labute approximate surface area is 149 Å². The van der Waals surface area contributed by atoms with Gasteiger partial charge in [-0.05, 0) is 45.1 Å². The van der Waals surface area contributed by atoms with Crippen molar-refractivity contribution < 1.29 is 4.79 Å². The number of fused-ring (bicyclic) bond motifs is 1.